The molecule has 0 aliphatic carbocycles. The lowest BCUT2D eigenvalue weighted by Gasteiger charge is -2.26. The number of carbonyl (C=O) groups excluding carboxylic acids is 5. The summed E-state index contributed by atoms with van der Waals surface area (Å²) in [5.41, 5.74) is 0.466. The highest BCUT2D eigenvalue weighted by Crippen LogP contribution is 2.07. The van der Waals surface area contributed by atoms with Crippen LogP contribution in [-0.4, -0.2) is 65.6 Å². The van der Waals surface area contributed by atoms with E-state index in [0.29, 0.717) is 5.70 Å². The standard InChI is InChI=1S/C6H8N2O3.C6H8N2O2/c1-7-4(9)3-5(10)8(2)6(7)11;1-4-3-5(9)8(2)6(10)7-4/h3H2,1-2H3;1,3H2,2H3,(H,7,10). The van der Waals surface area contributed by atoms with E-state index >= 15 is 0 Å². The topological polar surface area (TPSA) is 107 Å². The summed E-state index contributed by atoms with van der Waals surface area (Å²) < 4.78 is 0. The summed E-state index contributed by atoms with van der Waals surface area (Å²) in [6.07, 6.45) is 0.000972. The van der Waals surface area contributed by atoms with Crippen LogP contribution in [0, 0.1) is 0 Å². The average molecular weight is 296 g/mol. The zero-order valence-corrected chi connectivity index (χ0v) is 12.0. The van der Waals surface area contributed by atoms with Crippen LogP contribution in [0.4, 0.5) is 9.59 Å². The van der Waals surface area contributed by atoms with Crippen molar-refractivity contribution in [1.82, 2.24) is 20.0 Å². The SMILES string of the molecule is C=C1CC(=O)N(C)C(=O)N1.CN1C(=O)CC(=O)N(C)C1=O. The highest BCUT2D eigenvalue weighted by atomic mass is 16.2. The minimum Gasteiger partial charge on any atom is -0.311 e. The van der Waals surface area contributed by atoms with Crippen molar-refractivity contribution < 1.29 is 24.0 Å². The van der Waals surface area contributed by atoms with E-state index in [2.05, 4.69) is 11.9 Å². The van der Waals surface area contributed by atoms with Crippen molar-refractivity contribution >= 4 is 29.8 Å². The number of hydrogen-bond acceptors (Lipinski definition) is 5. The smallest absolute Gasteiger partial charge is 0.311 e. The van der Waals surface area contributed by atoms with Crippen LogP contribution in [-0.2, 0) is 14.4 Å². The molecule has 0 aromatic rings. The lowest BCUT2D eigenvalue weighted by Crippen LogP contribution is -2.51. The molecule has 114 valence electrons. The highest BCUT2D eigenvalue weighted by molar-refractivity contribution is 6.13. The van der Waals surface area contributed by atoms with Gasteiger partial charge >= 0.3 is 12.1 Å². The van der Waals surface area contributed by atoms with E-state index in [-0.39, 0.29) is 18.7 Å². The number of nitrogens with zero attached hydrogens (tertiary/aromatic N) is 3. The number of barbiturate groups is 1. The zero-order valence-electron chi connectivity index (χ0n) is 12.0. The minimum absolute atomic E-state index is 0.210. The van der Waals surface area contributed by atoms with E-state index in [4.69, 9.17) is 0 Å². The Labute approximate surface area is 121 Å². The molecule has 2 aliphatic heterocycles. The molecule has 0 saturated carbocycles. The number of urea groups is 2. The summed E-state index contributed by atoms with van der Waals surface area (Å²) in [6.45, 7) is 3.47. The Morgan fingerprint density at radius 3 is 1.67 bits per heavy atom. The van der Waals surface area contributed by atoms with Crippen molar-refractivity contribution in [1.29, 1.82) is 0 Å². The molecule has 0 spiro atoms. The third-order valence-electron chi connectivity index (χ3n) is 2.95. The van der Waals surface area contributed by atoms with Crippen molar-refractivity contribution in [3.63, 3.8) is 0 Å². The molecule has 7 amide bonds. The number of imide groups is 3. The van der Waals surface area contributed by atoms with Crippen LogP contribution in [0.5, 0.6) is 0 Å². The first kappa shape index (κ1) is 16.3. The summed E-state index contributed by atoms with van der Waals surface area (Å²) in [5, 5.41) is 2.43. The fraction of sp³-hybridized carbons (Fsp3) is 0.417. The molecular weight excluding hydrogens is 280 g/mol. The van der Waals surface area contributed by atoms with Crippen molar-refractivity contribution in [2.24, 2.45) is 0 Å². The molecule has 0 aromatic heterocycles. The molecule has 2 saturated heterocycles. The van der Waals surface area contributed by atoms with Gasteiger partial charge in [-0.3, -0.25) is 29.1 Å². The van der Waals surface area contributed by atoms with Gasteiger partial charge < -0.3 is 5.32 Å². The average Bonchev–Trinajstić information content (AvgIpc) is 2.41. The molecule has 0 bridgehead atoms. The summed E-state index contributed by atoms with van der Waals surface area (Å²) >= 11 is 0. The summed E-state index contributed by atoms with van der Waals surface area (Å²) in [6, 6.07) is -0.965. The normalized spacial score (nSPS) is 19.5. The van der Waals surface area contributed by atoms with E-state index in [9.17, 15) is 24.0 Å². The molecule has 0 aromatic carbocycles. The number of carbonyl (C=O) groups is 5. The number of hydrogen-bond donors (Lipinski definition) is 1. The largest absolute Gasteiger partial charge is 0.332 e. The molecule has 9 heteroatoms. The van der Waals surface area contributed by atoms with E-state index in [0.717, 1.165) is 14.7 Å². The van der Waals surface area contributed by atoms with Gasteiger partial charge in [0.1, 0.15) is 6.42 Å². The van der Waals surface area contributed by atoms with Crippen LogP contribution in [0.2, 0.25) is 0 Å². The first-order chi connectivity index (χ1) is 9.65. The van der Waals surface area contributed by atoms with Gasteiger partial charge in [-0.2, -0.15) is 0 Å². The van der Waals surface area contributed by atoms with E-state index < -0.39 is 23.9 Å². The van der Waals surface area contributed by atoms with Crippen LogP contribution in [0.15, 0.2) is 12.3 Å². The second kappa shape index (κ2) is 6.16. The fourth-order valence-electron chi connectivity index (χ4n) is 1.50. The van der Waals surface area contributed by atoms with Crippen molar-refractivity contribution in [3.8, 4) is 0 Å². The first-order valence-electron chi connectivity index (χ1n) is 5.97. The van der Waals surface area contributed by atoms with Crippen LogP contribution in [0.25, 0.3) is 0 Å². The molecule has 0 radical (unpaired) electrons. The van der Waals surface area contributed by atoms with Gasteiger partial charge in [-0.05, 0) is 0 Å². The molecule has 2 fully saturated rings. The van der Waals surface area contributed by atoms with Gasteiger partial charge in [0, 0.05) is 26.8 Å². The predicted molar refractivity (Wildman–Crippen MR) is 70.6 cm³/mol. The van der Waals surface area contributed by atoms with Gasteiger partial charge in [0.2, 0.25) is 17.7 Å². The van der Waals surface area contributed by atoms with Gasteiger partial charge in [-0.1, -0.05) is 6.58 Å². The molecule has 0 unspecified atom stereocenters. The quantitative estimate of drug-likeness (QED) is 0.606. The first-order valence-corrected chi connectivity index (χ1v) is 5.97. The Balaban J connectivity index is 0.000000211. The maximum absolute atomic E-state index is 11.0. The summed E-state index contributed by atoms with van der Waals surface area (Å²) in [7, 11) is 4.14. The molecular formula is C12H16N4O5. The molecule has 21 heavy (non-hydrogen) atoms. The van der Waals surface area contributed by atoms with Gasteiger partial charge in [0.05, 0.1) is 6.42 Å². The second-order valence-corrected chi connectivity index (χ2v) is 4.53. The van der Waals surface area contributed by atoms with Gasteiger partial charge in [0.15, 0.2) is 0 Å². The Bertz CT molecular complexity index is 500. The molecule has 0 atom stereocenters. The molecule has 2 heterocycles. The van der Waals surface area contributed by atoms with Crippen LogP contribution in [0.1, 0.15) is 12.8 Å². The maximum Gasteiger partial charge on any atom is 0.332 e. The third kappa shape index (κ3) is 3.65. The second-order valence-electron chi connectivity index (χ2n) is 4.53. The van der Waals surface area contributed by atoms with Crippen LogP contribution < -0.4 is 5.32 Å². The number of amides is 7. The van der Waals surface area contributed by atoms with Crippen molar-refractivity contribution in [2.75, 3.05) is 21.1 Å². The predicted octanol–water partition coefficient (Wildman–Crippen LogP) is -0.501. The van der Waals surface area contributed by atoms with Gasteiger partial charge in [-0.15, -0.1) is 0 Å². The van der Waals surface area contributed by atoms with E-state index in [1.165, 1.54) is 21.1 Å². The Hall–Kier alpha value is -2.71. The third-order valence-corrected chi connectivity index (χ3v) is 2.95. The Morgan fingerprint density at radius 1 is 0.810 bits per heavy atom. The van der Waals surface area contributed by atoms with Gasteiger partial charge in [0.25, 0.3) is 0 Å². The molecule has 1 N–H and O–H groups in total. The maximum atomic E-state index is 11.0. The van der Waals surface area contributed by atoms with Crippen molar-refractivity contribution in [3.05, 3.63) is 12.3 Å². The zero-order chi connectivity index (χ0) is 16.3. The lowest BCUT2D eigenvalue weighted by atomic mass is 10.2. The Morgan fingerprint density at radius 2 is 1.24 bits per heavy atom. The monoisotopic (exact) mass is 296 g/mol. The molecule has 2 aliphatic rings. The van der Waals surface area contributed by atoms with Crippen LogP contribution in [0.3, 0.4) is 0 Å². The van der Waals surface area contributed by atoms with E-state index in [1.54, 1.807) is 0 Å². The summed E-state index contributed by atoms with van der Waals surface area (Å²) in [5.74, 6) is -1.11. The summed E-state index contributed by atoms with van der Waals surface area (Å²) in [4.78, 5) is 57.1. The van der Waals surface area contributed by atoms with Crippen molar-refractivity contribution in [2.45, 2.75) is 12.8 Å². The van der Waals surface area contributed by atoms with Gasteiger partial charge in [-0.25, -0.2) is 9.59 Å². The highest BCUT2D eigenvalue weighted by Gasteiger charge is 2.32. The lowest BCUT2D eigenvalue weighted by molar-refractivity contribution is -0.140. The number of rotatable bonds is 0. The Kier molecular flexibility index (Phi) is 4.79. The minimum atomic E-state index is -0.564. The van der Waals surface area contributed by atoms with Crippen LogP contribution >= 0.6 is 0 Å². The molecule has 2 rings (SSSR count). The molecule has 9 nitrogen and oxygen atoms in total. The number of nitrogens with one attached hydrogen (secondary N) is 1. The van der Waals surface area contributed by atoms with E-state index in [1.807, 2.05) is 0 Å². The fourth-order valence-corrected chi connectivity index (χ4v) is 1.50.